The number of nitriles is 1. The number of benzene rings is 2. The normalized spacial score (nSPS) is 11.8. The van der Waals surface area contributed by atoms with Crippen LogP contribution < -0.4 is 10.5 Å². The zero-order chi connectivity index (χ0) is 14.7. The van der Waals surface area contributed by atoms with Crippen LogP contribution in [0.15, 0.2) is 40.9 Å². The molecule has 0 radical (unpaired) electrons. The van der Waals surface area contributed by atoms with E-state index in [-0.39, 0.29) is 17.4 Å². The molecule has 2 aromatic rings. The molecule has 0 spiro atoms. The lowest BCUT2D eigenvalue weighted by atomic mass is 10.1. The summed E-state index contributed by atoms with van der Waals surface area (Å²) < 4.78 is 20.2. The zero-order valence-electron chi connectivity index (χ0n) is 10.7. The zero-order valence-corrected chi connectivity index (χ0v) is 12.3. The second-order valence-corrected chi connectivity index (χ2v) is 5.25. The second kappa shape index (κ2) is 6.04. The minimum Gasteiger partial charge on any atom is -0.454 e. The first-order valence-electron chi connectivity index (χ1n) is 5.94. The minimum absolute atomic E-state index is 0.0593. The van der Waals surface area contributed by atoms with E-state index in [1.165, 1.54) is 12.1 Å². The van der Waals surface area contributed by atoms with Crippen LogP contribution in [0.25, 0.3) is 0 Å². The molecule has 0 aliphatic carbocycles. The molecule has 0 heterocycles. The monoisotopic (exact) mass is 334 g/mol. The molecule has 3 nitrogen and oxygen atoms in total. The van der Waals surface area contributed by atoms with Crippen molar-refractivity contribution >= 4 is 15.9 Å². The van der Waals surface area contributed by atoms with E-state index in [0.29, 0.717) is 5.75 Å². The number of halogens is 2. The highest BCUT2D eigenvalue weighted by atomic mass is 79.9. The van der Waals surface area contributed by atoms with Crippen molar-refractivity contribution in [3.05, 3.63) is 57.8 Å². The number of nitrogens with zero attached hydrogens (tertiary/aromatic N) is 1. The van der Waals surface area contributed by atoms with Gasteiger partial charge in [-0.05, 0) is 37.3 Å². The van der Waals surface area contributed by atoms with Crippen LogP contribution in [0.5, 0.6) is 11.5 Å². The van der Waals surface area contributed by atoms with E-state index in [4.69, 9.17) is 15.7 Å². The standard InChI is InChI=1S/C15H12BrFN2O/c1-9(19)12-4-3-11(16)7-15(12)20-14-5-2-10(8-18)6-13(14)17/h2-7,9H,19H2,1H3. The summed E-state index contributed by atoms with van der Waals surface area (Å²) in [6.45, 7) is 1.82. The Morgan fingerprint density at radius 1 is 1.25 bits per heavy atom. The molecule has 0 amide bonds. The molecule has 2 N–H and O–H groups in total. The van der Waals surface area contributed by atoms with Crippen molar-refractivity contribution in [3.8, 4) is 17.6 Å². The van der Waals surface area contributed by atoms with E-state index >= 15 is 0 Å². The fourth-order valence-corrected chi connectivity index (χ4v) is 2.08. The summed E-state index contributed by atoms with van der Waals surface area (Å²) in [5.74, 6) is -0.0402. The molecule has 5 heteroatoms. The van der Waals surface area contributed by atoms with Crippen molar-refractivity contribution < 1.29 is 9.13 Å². The van der Waals surface area contributed by atoms with Crippen molar-refractivity contribution in [1.29, 1.82) is 5.26 Å². The first-order valence-corrected chi connectivity index (χ1v) is 6.73. The van der Waals surface area contributed by atoms with Gasteiger partial charge >= 0.3 is 0 Å². The van der Waals surface area contributed by atoms with Crippen LogP contribution in [-0.4, -0.2) is 0 Å². The van der Waals surface area contributed by atoms with Gasteiger partial charge in [-0.3, -0.25) is 0 Å². The average molecular weight is 335 g/mol. The molecular formula is C15H12BrFN2O. The lowest BCUT2D eigenvalue weighted by Gasteiger charge is -2.14. The SMILES string of the molecule is CC(N)c1ccc(Br)cc1Oc1ccc(C#N)cc1F. The van der Waals surface area contributed by atoms with Gasteiger partial charge in [-0.2, -0.15) is 5.26 Å². The first-order chi connectivity index (χ1) is 9.51. The highest BCUT2D eigenvalue weighted by Gasteiger charge is 2.12. The van der Waals surface area contributed by atoms with E-state index < -0.39 is 5.82 Å². The van der Waals surface area contributed by atoms with Crippen molar-refractivity contribution in [2.75, 3.05) is 0 Å². The van der Waals surface area contributed by atoms with Gasteiger partial charge in [0.15, 0.2) is 11.6 Å². The van der Waals surface area contributed by atoms with Gasteiger partial charge in [-0.1, -0.05) is 22.0 Å². The lowest BCUT2D eigenvalue weighted by Crippen LogP contribution is -2.06. The van der Waals surface area contributed by atoms with Crippen molar-refractivity contribution in [2.45, 2.75) is 13.0 Å². The van der Waals surface area contributed by atoms with Gasteiger partial charge < -0.3 is 10.5 Å². The third-order valence-electron chi connectivity index (χ3n) is 2.75. The highest BCUT2D eigenvalue weighted by Crippen LogP contribution is 2.32. The maximum Gasteiger partial charge on any atom is 0.167 e. The Bertz CT molecular complexity index is 680. The van der Waals surface area contributed by atoms with E-state index in [9.17, 15) is 4.39 Å². The maximum absolute atomic E-state index is 13.8. The van der Waals surface area contributed by atoms with Crippen LogP contribution in [-0.2, 0) is 0 Å². The summed E-state index contributed by atoms with van der Waals surface area (Å²) >= 11 is 3.34. The second-order valence-electron chi connectivity index (χ2n) is 4.33. The van der Waals surface area contributed by atoms with Gasteiger partial charge in [-0.25, -0.2) is 4.39 Å². The van der Waals surface area contributed by atoms with Crippen molar-refractivity contribution in [1.82, 2.24) is 0 Å². The molecule has 0 aliphatic rings. The summed E-state index contributed by atoms with van der Waals surface area (Å²) in [5.41, 5.74) is 6.89. The van der Waals surface area contributed by atoms with Crippen molar-refractivity contribution in [3.63, 3.8) is 0 Å². The molecule has 0 saturated carbocycles. The van der Waals surface area contributed by atoms with Gasteiger partial charge in [0.05, 0.1) is 11.6 Å². The number of hydrogen-bond acceptors (Lipinski definition) is 3. The number of ether oxygens (including phenoxy) is 1. The molecule has 0 fully saturated rings. The van der Waals surface area contributed by atoms with Crippen LogP contribution in [0.3, 0.4) is 0 Å². The van der Waals surface area contributed by atoms with Gasteiger partial charge in [0.2, 0.25) is 0 Å². The number of rotatable bonds is 3. The van der Waals surface area contributed by atoms with E-state index in [1.807, 2.05) is 25.1 Å². The largest absolute Gasteiger partial charge is 0.454 e. The average Bonchev–Trinajstić information content (AvgIpc) is 2.40. The molecule has 0 bridgehead atoms. The predicted molar refractivity (Wildman–Crippen MR) is 77.9 cm³/mol. The summed E-state index contributed by atoms with van der Waals surface area (Å²) in [6.07, 6.45) is 0. The first kappa shape index (κ1) is 14.5. The smallest absolute Gasteiger partial charge is 0.167 e. The Balaban J connectivity index is 2.39. The molecule has 1 unspecified atom stereocenters. The minimum atomic E-state index is -0.584. The molecule has 102 valence electrons. The highest BCUT2D eigenvalue weighted by molar-refractivity contribution is 9.10. The van der Waals surface area contributed by atoms with Crippen LogP contribution in [0.4, 0.5) is 4.39 Å². The lowest BCUT2D eigenvalue weighted by molar-refractivity contribution is 0.434. The third kappa shape index (κ3) is 3.16. The maximum atomic E-state index is 13.8. The molecule has 1 atom stereocenters. The quantitative estimate of drug-likeness (QED) is 0.911. The molecule has 0 aromatic heterocycles. The van der Waals surface area contributed by atoms with Crippen LogP contribution in [0.1, 0.15) is 24.1 Å². The molecule has 20 heavy (non-hydrogen) atoms. The van der Waals surface area contributed by atoms with E-state index in [0.717, 1.165) is 16.1 Å². The Morgan fingerprint density at radius 2 is 2.00 bits per heavy atom. The molecule has 0 saturated heterocycles. The molecule has 2 aromatic carbocycles. The van der Waals surface area contributed by atoms with Crippen LogP contribution >= 0.6 is 15.9 Å². The summed E-state index contributed by atoms with van der Waals surface area (Å²) in [6, 6.07) is 11.1. The van der Waals surface area contributed by atoms with Crippen LogP contribution in [0, 0.1) is 17.1 Å². The fraction of sp³-hybridized carbons (Fsp3) is 0.133. The topological polar surface area (TPSA) is 59.0 Å². The van der Waals surface area contributed by atoms with Gasteiger partial charge in [-0.15, -0.1) is 0 Å². The molecule has 2 rings (SSSR count). The van der Waals surface area contributed by atoms with Gasteiger partial charge in [0.25, 0.3) is 0 Å². The Morgan fingerprint density at radius 3 is 2.60 bits per heavy atom. The van der Waals surface area contributed by atoms with Gasteiger partial charge in [0.1, 0.15) is 5.75 Å². The summed E-state index contributed by atoms with van der Waals surface area (Å²) in [4.78, 5) is 0. The fourth-order valence-electron chi connectivity index (χ4n) is 1.74. The Kier molecular flexibility index (Phi) is 4.38. The van der Waals surface area contributed by atoms with Gasteiger partial charge in [0, 0.05) is 16.1 Å². The predicted octanol–water partition coefficient (Wildman–Crippen LogP) is 4.27. The van der Waals surface area contributed by atoms with E-state index in [1.54, 1.807) is 6.07 Å². The van der Waals surface area contributed by atoms with Crippen LogP contribution in [0.2, 0.25) is 0 Å². The number of nitrogens with two attached hydrogens (primary N) is 1. The molecule has 0 aliphatic heterocycles. The number of hydrogen-bond donors (Lipinski definition) is 1. The van der Waals surface area contributed by atoms with E-state index in [2.05, 4.69) is 15.9 Å². The Labute approximate surface area is 124 Å². The summed E-state index contributed by atoms with van der Waals surface area (Å²) in [5, 5.41) is 8.72. The third-order valence-corrected chi connectivity index (χ3v) is 3.24. The van der Waals surface area contributed by atoms with Crippen molar-refractivity contribution in [2.24, 2.45) is 5.73 Å². The molecular weight excluding hydrogens is 323 g/mol. The summed E-state index contributed by atoms with van der Waals surface area (Å²) in [7, 11) is 0. The Hall–Kier alpha value is -1.90.